The number of nitrogens with one attached hydrogen (secondary N) is 1. The van der Waals surface area contributed by atoms with Crippen molar-refractivity contribution in [3.63, 3.8) is 0 Å². The summed E-state index contributed by atoms with van der Waals surface area (Å²) in [7, 11) is 0. The Hall–Kier alpha value is -1.68. The molecule has 1 amide bonds. The number of rotatable bonds is 5. The summed E-state index contributed by atoms with van der Waals surface area (Å²) in [5.74, 6) is 0.356. The van der Waals surface area contributed by atoms with Gasteiger partial charge in [0.25, 0.3) is 0 Å². The maximum Gasteiger partial charge on any atom is 0.246 e. The third-order valence-corrected chi connectivity index (χ3v) is 3.92. The van der Waals surface area contributed by atoms with Crippen LogP contribution in [0.3, 0.4) is 0 Å². The van der Waals surface area contributed by atoms with Gasteiger partial charge in [0.05, 0.1) is 0 Å². The molecule has 0 spiro atoms. The van der Waals surface area contributed by atoms with Gasteiger partial charge in [0.1, 0.15) is 5.82 Å². The smallest absolute Gasteiger partial charge is 0.246 e. The van der Waals surface area contributed by atoms with Gasteiger partial charge in [-0.2, -0.15) is 0 Å². The average Bonchev–Trinajstić information content (AvgIpc) is 2.52. The van der Waals surface area contributed by atoms with E-state index in [4.69, 9.17) is 0 Å². The van der Waals surface area contributed by atoms with Crippen LogP contribution in [0.4, 0.5) is 4.39 Å². The summed E-state index contributed by atoms with van der Waals surface area (Å²) < 4.78 is 12.8. The van der Waals surface area contributed by atoms with E-state index in [1.165, 1.54) is 12.1 Å². The number of piperidine rings is 1. The number of hydrogen-bond donors (Lipinski definition) is 1. The molecule has 21 heavy (non-hydrogen) atoms. The maximum atomic E-state index is 12.8. The fourth-order valence-corrected chi connectivity index (χ4v) is 2.60. The second-order valence-electron chi connectivity index (χ2n) is 5.46. The minimum Gasteiger partial charge on any atom is -0.339 e. The van der Waals surface area contributed by atoms with Crippen LogP contribution >= 0.6 is 0 Å². The molecule has 1 aliphatic rings. The van der Waals surface area contributed by atoms with Crippen LogP contribution in [-0.4, -0.2) is 37.0 Å². The fourth-order valence-electron chi connectivity index (χ4n) is 2.60. The summed E-state index contributed by atoms with van der Waals surface area (Å²) in [6.07, 6.45) is 5.58. The van der Waals surface area contributed by atoms with Crippen LogP contribution in [0.25, 0.3) is 6.08 Å². The molecule has 1 aromatic rings. The molecule has 1 aromatic carbocycles. The fraction of sp³-hybridized carbons (Fsp3) is 0.471. The summed E-state index contributed by atoms with van der Waals surface area (Å²) in [6, 6.07) is 6.14. The highest BCUT2D eigenvalue weighted by Gasteiger charge is 2.18. The van der Waals surface area contributed by atoms with Crippen molar-refractivity contribution in [1.29, 1.82) is 0 Å². The molecule has 0 bridgehead atoms. The molecule has 1 heterocycles. The summed E-state index contributed by atoms with van der Waals surface area (Å²) in [4.78, 5) is 14.1. The molecule has 4 heteroatoms. The van der Waals surface area contributed by atoms with Crippen molar-refractivity contribution >= 4 is 12.0 Å². The highest BCUT2D eigenvalue weighted by atomic mass is 19.1. The second-order valence-corrected chi connectivity index (χ2v) is 5.46. The lowest BCUT2D eigenvalue weighted by atomic mass is 9.97. The molecule has 1 aliphatic heterocycles. The molecule has 1 saturated heterocycles. The van der Waals surface area contributed by atoms with E-state index in [0.717, 1.165) is 44.6 Å². The van der Waals surface area contributed by atoms with Gasteiger partial charge in [-0.05, 0) is 62.5 Å². The number of hydrogen-bond acceptors (Lipinski definition) is 2. The van der Waals surface area contributed by atoms with E-state index in [1.807, 2.05) is 11.8 Å². The first-order chi connectivity index (χ1) is 10.2. The zero-order chi connectivity index (χ0) is 15.1. The van der Waals surface area contributed by atoms with Crippen LogP contribution in [-0.2, 0) is 4.79 Å². The highest BCUT2D eigenvalue weighted by molar-refractivity contribution is 5.91. The molecule has 114 valence electrons. The number of halogens is 1. The van der Waals surface area contributed by atoms with Gasteiger partial charge in [-0.15, -0.1) is 0 Å². The zero-order valence-electron chi connectivity index (χ0n) is 12.5. The van der Waals surface area contributed by atoms with Gasteiger partial charge < -0.3 is 10.2 Å². The quantitative estimate of drug-likeness (QED) is 0.846. The second kappa shape index (κ2) is 7.93. The molecule has 0 aliphatic carbocycles. The van der Waals surface area contributed by atoms with Gasteiger partial charge in [-0.1, -0.05) is 12.1 Å². The van der Waals surface area contributed by atoms with Crippen molar-refractivity contribution in [3.8, 4) is 0 Å². The SMILES string of the molecule is CCN(CC1CCNCC1)C(=O)C=Cc1ccc(F)cc1. The Morgan fingerprint density at radius 3 is 2.62 bits per heavy atom. The topological polar surface area (TPSA) is 32.3 Å². The third-order valence-electron chi connectivity index (χ3n) is 3.92. The van der Waals surface area contributed by atoms with E-state index >= 15 is 0 Å². The Morgan fingerprint density at radius 1 is 1.33 bits per heavy atom. The van der Waals surface area contributed by atoms with E-state index in [9.17, 15) is 9.18 Å². The summed E-state index contributed by atoms with van der Waals surface area (Å²) in [5.41, 5.74) is 0.836. The van der Waals surface area contributed by atoms with E-state index in [2.05, 4.69) is 5.32 Å². The average molecular weight is 290 g/mol. The van der Waals surface area contributed by atoms with Gasteiger partial charge in [0.2, 0.25) is 5.91 Å². The Balaban J connectivity index is 1.91. The van der Waals surface area contributed by atoms with Crippen molar-refractivity contribution < 1.29 is 9.18 Å². The first-order valence-corrected chi connectivity index (χ1v) is 7.62. The molecule has 0 saturated carbocycles. The van der Waals surface area contributed by atoms with Gasteiger partial charge >= 0.3 is 0 Å². The summed E-state index contributed by atoms with van der Waals surface area (Å²) >= 11 is 0. The molecule has 2 rings (SSSR count). The third kappa shape index (κ3) is 4.97. The van der Waals surface area contributed by atoms with Gasteiger partial charge in [-0.25, -0.2) is 4.39 Å². The summed E-state index contributed by atoms with van der Waals surface area (Å²) in [6.45, 7) is 5.63. The molecule has 0 aromatic heterocycles. The molecule has 0 unspecified atom stereocenters. The van der Waals surface area contributed by atoms with Crippen molar-refractivity contribution in [2.24, 2.45) is 5.92 Å². The summed E-state index contributed by atoms with van der Waals surface area (Å²) in [5, 5.41) is 3.34. The zero-order valence-corrected chi connectivity index (χ0v) is 12.5. The van der Waals surface area contributed by atoms with Crippen molar-refractivity contribution in [2.45, 2.75) is 19.8 Å². The lowest BCUT2D eigenvalue weighted by Crippen LogP contribution is -2.38. The predicted molar refractivity (Wildman–Crippen MR) is 83.3 cm³/mol. The number of carbonyl (C=O) groups excluding carboxylic acids is 1. The van der Waals surface area contributed by atoms with Crippen LogP contribution in [0.5, 0.6) is 0 Å². The van der Waals surface area contributed by atoms with Crippen LogP contribution < -0.4 is 5.32 Å². The minimum absolute atomic E-state index is 0.0281. The Kier molecular flexibility index (Phi) is 5.93. The predicted octanol–water partition coefficient (Wildman–Crippen LogP) is 2.69. The van der Waals surface area contributed by atoms with E-state index in [0.29, 0.717) is 5.92 Å². The lowest BCUT2D eigenvalue weighted by Gasteiger charge is -2.28. The largest absolute Gasteiger partial charge is 0.339 e. The number of carbonyl (C=O) groups is 1. The van der Waals surface area contributed by atoms with Crippen molar-refractivity contribution in [3.05, 3.63) is 41.7 Å². The van der Waals surface area contributed by atoms with Gasteiger partial charge in [-0.3, -0.25) is 4.79 Å². The molecule has 0 radical (unpaired) electrons. The molecule has 0 atom stereocenters. The molecule has 1 fully saturated rings. The lowest BCUT2D eigenvalue weighted by molar-refractivity contribution is -0.126. The number of nitrogens with zero attached hydrogens (tertiary/aromatic N) is 1. The Morgan fingerprint density at radius 2 is 2.00 bits per heavy atom. The van der Waals surface area contributed by atoms with E-state index in [1.54, 1.807) is 24.3 Å². The highest BCUT2D eigenvalue weighted by Crippen LogP contribution is 2.14. The molecule has 3 nitrogen and oxygen atoms in total. The number of likely N-dealkylation sites (N-methyl/N-ethyl adjacent to an activating group) is 1. The molecule has 1 N–H and O–H groups in total. The Bertz CT molecular complexity index is 478. The first-order valence-electron chi connectivity index (χ1n) is 7.62. The normalized spacial score (nSPS) is 16.3. The monoisotopic (exact) mass is 290 g/mol. The van der Waals surface area contributed by atoms with Crippen LogP contribution in [0.1, 0.15) is 25.3 Å². The van der Waals surface area contributed by atoms with Crippen molar-refractivity contribution in [2.75, 3.05) is 26.2 Å². The van der Waals surface area contributed by atoms with Gasteiger partial charge in [0.15, 0.2) is 0 Å². The number of benzene rings is 1. The van der Waals surface area contributed by atoms with E-state index < -0.39 is 0 Å². The van der Waals surface area contributed by atoms with Crippen LogP contribution in [0, 0.1) is 11.7 Å². The standard InChI is InChI=1S/C17H23FN2O/c1-2-20(13-15-9-11-19-12-10-15)17(21)8-5-14-3-6-16(18)7-4-14/h3-8,15,19H,2,9-13H2,1H3. The molecular weight excluding hydrogens is 267 g/mol. The minimum atomic E-state index is -0.264. The van der Waals surface area contributed by atoms with Crippen molar-refractivity contribution in [1.82, 2.24) is 10.2 Å². The molecular formula is C17H23FN2O. The first kappa shape index (κ1) is 15.7. The van der Waals surface area contributed by atoms with Crippen LogP contribution in [0.2, 0.25) is 0 Å². The van der Waals surface area contributed by atoms with Crippen LogP contribution in [0.15, 0.2) is 30.3 Å². The van der Waals surface area contributed by atoms with Gasteiger partial charge in [0, 0.05) is 19.2 Å². The van der Waals surface area contributed by atoms with E-state index in [-0.39, 0.29) is 11.7 Å². The number of amides is 1. The Labute approximate surface area is 125 Å². The maximum absolute atomic E-state index is 12.8.